The van der Waals surface area contributed by atoms with Gasteiger partial charge in [0.05, 0.1) is 5.69 Å². The number of halogens is 1. The van der Waals surface area contributed by atoms with Crippen LogP contribution in [0.5, 0.6) is 0 Å². The predicted molar refractivity (Wildman–Crippen MR) is 124 cm³/mol. The SMILES string of the molecule is CN(C)c1ncc(-c2ccc(Cl)cc2)c([C@H]2CCCN(C(=O)Cn3cccnc3=O)C2)n1. The van der Waals surface area contributed by atoms with Crippen LogP contribution in [-0.4, -0.2) is 57.5 Å². The van der Waals surface area contributed by atoms with Gasteiger partial charge in [0.1, 0.15) is 6.54 Å². The van der Waals surface area contributed by atoms with Crippen LogP contribution in [0.3, 0.4) is 0 Å². The largest absolute Gasteiger partial charge is 0.347 e. The number of likely N-dealkylation sites (tertiary alicyclic amines) is 1. The van der Waals surface area contributed by atoms with E-state index in [4.69, 9.17) is 16.6 Å². The van der Waals surface area contributed by atoms with E-state index in [1.165, 1.54) is 10.8 Å². The number of anilines is 1. The van der Waals surface area contributed by atoms with Gasteiger partial charge in [0.2, 0.25) is 11.9 Å². The molecule has 0 radical (unpaired) electrons. The summed E-state index contributed by atoms with van der Waals surface area (Å²) in [4.78, 5) is 41.6. The van der Waals surface area contributed by atoms with Gasteiger partial charge in [-0.2, -0.15) is 0 Å². The number of hydrogen-bond acceptors (Lipinski definition) is 6. The van der Waals surface area contributed by atoms with E-state index in [2.05, 4.69) is 9.97 Å². The second-order valence-electron chi connectivity index (χ2n) is 8.08. The minimum absolute atomic E-state index is 0.0177. The molecule has 1 aliphatic heterocycles. The maximum atomic E-state index is 12.9. The third-order valence-corrected chi connectivity index (χ3v) is 5.86. The van der Waals surface area contributed by atoms with Gasteiger partial charge in [0.25, 0.3) is 0 Å². The van der Waals surface area contributed by atoms with Crippen LogP contribution >= 0.6 is 11.6 Å². The molecule has 0 spiro atoms. The molecule has 0 aliphatic carbocycles. The molecule has 0 bridgehead atoms. The zero-order valence-electron chi connectivity index (χ0n) is 18.1. The molecule has 1 fully saturated rings. The third-order valence-electron chi connectivity index (χ3n) is 5.61. The number of benzene rings is 1. The molecule has 0 saturated carbocycles. The first-order valence-corrected chi connectivity index (χ1v) is 10.9. The molecule has 32 heavy (non-hydrogen) atoms. The highest BCUT2D eigenvalue weighted by molar-refractivity contribution is 6.30. The lowest BCUT2D eigenvalue weighted by Gasteiger charge is -2.33. The number of carbonyl (C=O) groups is 1. The third kappa shape index (κ3) is 4.80. The summed E-state index contributed by atoms with van der Waals surface area (Å²) in [6.45, 7) is 1.18. The summed E-state index contributed by atoms with van der Waals surface area (Å²) in [6.07, 6.45) is 6.63. The van der Waals surface area contributed by atoms with Crippen LogP contribution in [0.2, 0.25) is 5.02 Å². The number of carbonyl (C=O) groups excluding carboxylic acids is 1. The predicted octanol–water partition coefficient (Wildman–Crippen LogP) is 2.83. The normalized spacial score (nSPS) is 16.1. The fourth-order valence-corrected chi connectivity index (χ4v) is 4.07. The average Bonchev–Trinajstić information content (AvgIpc) is 2.81. The molecule has 1 aliphatic rings. The summed E-state index contributed by atoms with van der Waals surface area (Å²) in [5.41, 5.74) is 2.42. The Morgan fingerprint density at radius 3 is 2.72 bits per heavy atom. The molecule has 1 aromatic carbocycles. The zero-order chi connectivity index (χ0) is 22.7. The Morgan fingerprint density at radius 2 is 2.00 bits per heavy atom. The van der Waals surface area contributed by atoms with Crippen LogP contribution in [0.4, 0.5) is 5.95 Å². The molecule has 3 aromatic rings. The van der Waals surface area contributed by atoms with Gasteiger partial charge in [-0.1, -0.05) is 23.7 Å². The first-order chi connectivity index (χ1) is 15.4. The van der Waals surface area contributed by atoms with Crippen molar-refractivity contribution in [3.05, 3.63) is 70.1 Å². The first-order valence-electron chi connectivity index (χ1n) is 10.5. The minimum Gasteiger partial charge on any atom is -0.347 e. The average molecular weight is 453 g/mol. The van der Waals surface area contributed by atoms with Crippen LogP contribution < -0.4 is 10.6 Å². The van der Waals surface area contributed by atoms with E-state index < -0.39 is 5.69 Å². The number of nitrogens with zero attached hydrogens (tertiary/aromatic N) is 6. The maximum Gasteiger partial charge on any atom is 0.347 e. The molecule has 3 heterocycles. The van der Waals surface area contributed by atoms with Crippen molar-refractivity contribution in [1.29, 1.82) is 0 Å². The highest BCUT2D eigenvalue weighted by Crippen LogP contribution is 2.34. The van der Waals surface area contributed by atoms with Gasteiger partial charge in [-0.3, -0.25) is 9.36 Å². The quantitative estimate of drug-likeness (QED) is 0.591. The molecule has 0 unspecified atom stereocenters. The van der Waals surface area contributed by atoms with Gasteiger partial charge in [-0.15, -0.1) is 0 Å². The lowest BCUT2D eigenvalue weighted by atomic mass is 9.90. The molecule has 166 valence electrons. The Morgan fingerprint density at radius 1 is 1.22 bits per heavy atom. The van der Waals surface area contributed by atoms with Crippen LogP contribution in [0.15, 0.2) is 53.7 Å². The monoisotopic (exact) mass is 452 g/mol. The Balaban J connectivity index is 1.62. The van der Waals surface area contributed by atoms with Crippen molar-refractivity contribution in [3.63, 3.8) is 0 Å². The number of amides is 1. The van der Waals surface area contributed by atoms with Crippen LogP contribution in [0, 0.1) is 0 Å². The summed E-state index contributed by atoms with van der Waals surface area (Å²) < 4.78 is 1.33. The number of hydrogen-bond donors (Lipinski definition) is 0. The Kier molecular flexibility index (Phi) is 6.50. The van der Waals surface area contributed by atoms with Crippen molar-refractivity contribution in [2.24, 2.45) is 0 Å². The van der Waals surface area contributed by atoms with Gasteiger partial charge in [-0.25, -0.2) is 19.7 Å². The summed E-state index contributed by atoms with van der Waals surface area (Å²) in [5, 5.41) is 0.668. The lowest BCUT2D eigenvalue weighted by Crippen LogP contribution is -2.42. The van der Waals surface area contributed by atoms with Crippen molar-refractivity contribution in [1.82, 2.24) is 24.4 Å². The lowest BCUT2D eigenvalue weighted by molar-refractivity contribution is -0.133. The zero-order valence-corrected chi connectivity index (χ0v) is 18.9. The highest BCUT2D eigenvalue weighted by Gasteiger charge is 2.28. The van der Waals surface area contributed by atoms with Crippen LogP contribution in [0.25, 0.3) is 11.1 Å². The second-order valence-corrected chi connectivity index (χ2v) is 8.52. The molecule has 2 aromatic heterocycles. The van der Waals surface area contributed by atoms with Crippen LogP contribution in [0.1, 0.15) is 24.5 Å². The van der Waals surface area contributed by atoms with Gasteiger partial charge < -0.3 is 9.80 Å². The molecule has 9 heteroatoms. The van der Waals surface area contributed by atoms with E-state index in [1.54, 1.807) is 12.3 Å². The Hall–Kier alpha value is -3.26. The fraction of sp³-hybridized carbons (Fsp3) is 0.348. The standard InChI is InChI=1S/C23H25ClN6O2/c1-28(2)22-26-13-19(16-6-8-18(24)9-7-16)21(27-22)17-5-3-11-29(14-17)20(31)15-30-12-4-10-25-23(30)32/h4,6-10,12-13,17H,3,5,11,14-15H2,1-2H3/t17-/m0/s1. The summed E-state index contributed by atoms with van der Waals surface area (Å²) >= 11 is 6.08. The summed E-state index contributed by atoms with van der Waals surface area (Å²) in [6, 6.07) is 9.27. The van der Waals surface area contributed by atoms with E-state index >= 15 is 0 Å². The summed E-state index contributed by atoms with van der Waals surface area (Å²) in [5.74, 6) is 0.591. The second kappa shape index (κ2) is 9.48. The van der Waals surface area contributed by atoms with Gasteiger partial charge >= 0.3 is 5.69 Å². The molecule has 0 N–H and O–H groups in total. The molecule has 1 saturated heterocycles. The Bertz CT molecular complexity index is 1160. The van der Waals surface area contributed by atoms with Crippen LogP contribution in [-0.2, 0) is 11.3 Å². The molecule has 1 atom stereocenters. The molecule has 4 rings (SSSR count). The topological polar surface area (TPSA) is 84.2 Å². The Labute approximate surface area is 191 Å². The van der Waals surface area contributed by atoms with E-state index in [1.807, 2.05) is 54.4 Å². The maximum absolute atomic E-state index is 12.9. The van der Waals surface area contributed by atoms with E-state index in [9.17, 15) is 9.59 Å². The molecule has 1 amide bonds. The van der Waals surface area contributed by atoms with Crippen molar-refractivity contribution < 1.29 is 4.79 Å². The highest BCUT2D eigenvalue weighted by atomic mass is 35.5. The van der Waals surface area contributed by atoms with Gasteiger partial charge in [-0.05, 0) is 36.6 Å². The fourth-order valence-electron chi connectivity index (χ4n) is 3.94. The van der Waals surface area contributed by atoms with E-state index in [-0.39, 0.29) is 18.4 Å². The smallest absolute Gasteiger partial charge is 0.347 e. The summed E-state index contributed by atoms with van der Waals surface area (Å²) in [7, 11) is 3.81. The first kappa shape index (κ1) is 22.0. The number of aromatic nitrogens is 4. The number of piperidine rings is 1. The van der Waals surface area contributed by atoms with Crippen molar-refractivity contribution in [2.75, 3.05) is 32.1 Å². The van der Waals surface area contributed by atoms with Crippen molar-refractivity contribution >= 4 is 23.5 Å². The van der Waals surface area contributed by atoms with E-state index in [0.717, 1.165) is 29.7 Å². The van der Waals surface area contributed by atoms with Crippen molar-refractivity contribution in [2.45, 2.75) is 25.3 Å². The van der Waals surface area contributed by atoms with Gasteiger partial charge in [0.15, 0.2) is 0 Å². The number of rotatable bonds is 5. The molecule has 8 nitrogen and oxygen atoms in total. The van der Waals surface area contributed by atoms with E-state index in [0.29, 0.717) is 24.1 Å². The molecular weight excluding hydrogens is 428 g/mol. The molecular formula is C23H25ClN6O2. The van der Waals surface area contributed by atoms with Gasteiger partial charge in [0, 0.05) is 62.3 Å². The van der Waals surface area contributed by atoms with Crippen molar-refractivity contribution in [3.8, 4) is 11.1 Å². The minimum atomic E-state index is -0.425.